The van der Waals surface area contributed by atoms with E-state index in [-0.39, 0.29) is 0 Å². The predicted octanol–water partition coefficient (Wildman–Crippen LogP) is 3.11. The van der Waals surface area contributed by atoms with Gasteiger partial charge in [0.25, 0.3) is 0 Å². The van der Waals surface area contributed by atoms with Crippen molar-refractivity contribution >= 4 is 0 Å². The van der Waals surface area contributed by atoms with Crippen molar-refractivity contribution in [3.05, 3.63) is 54.1 Å². The van der Waals surface area contributed by atoms with E-state index in [0.29, 0.717) is 11.1 Å². The molecule has 2 rings (SSSR count). The SMILES string of the molecule is Oc1c([CH2][Cu])cccc1-c1ccccc1. The van der Waals surface area contributed by atoms with Gasteiger partial charge < -0.3 is 0 Å². The van der Waals surface area contributed by atoms with Crippen molar-refractivity contribution in [3.8, 4) is 16.9 Å². The second kappa shape index (κ2) is 4.52. The van der Waals surface area contributed by atoms with E-state index in [2.05, 4.69) is 0 Å². The summed E-state index contributed by atoms with van der Waals surface area (Å²) in [5, 5.41) is 10.4. The third-order valence-electron chi connectivity index (χ3n) is 2.32. The molecular formula is C13H11CuO. The number of aromatic hydroxyl groups is 1. The van der Waals surface area contributed by atoms with Gasteiger partial charge in [0.15, 0.2) is 0 Å². The van der Waals surface area contributed by atoms with Gasteiger partial charge in [0.1, 0.15) is 0 Å². The van der Waals surface area contributed by atoms with Gasteiger partial charge in [0.2, 0.25) is 0 Å². The third-order valence-corrected chi connectivity index (χ3v) is 2.68. The second-order valence-electron chi connectivity index (χ2n) is 3.29. The zero-order chi connectivity index (χ0) is 10.7. The van der Waals surface area contributed by atoms with E-state index in [1.165, 1.54) is 0 Å². The molecule has 0 bridgehead atoms. The average Bonchev–Trinajstić information content (AvgIpc) is 2.30. The maximum atomic E-state index is 9.97. The summed E-state index contributed by atoms with van der Waals surface area (Å²) in [6, 6.07) is 15.5. The molecule has 80 valence electrons. The van der Waals surface area contributed by atoms with E-state index in [4.69, 9.17) is 16.0 Å². The third kappa shape index (κ3) is 2.06. The molecule has 0 spiro atoms. The Hall–Kier alpha value is -1.24. The van der Waals surface area contributed by atoms with Gasteiger partial charge in [-0.05, 0) is 0 Å². The first kappa shape index (κ1) is 10.3. The molecule has 0 saturated heterocycles. The van der Waals surface area contributed by atoms with E-state index in [9.17, 15) is 5.11 Å². The van der Waals surface area contributed by atoms with Crippen LogP contribution in [-0.2, 0) is 21.3 Å². The number of phenols is 1. The first-order valence-corrected chi connectivity index (χ1v) is 5.36. The minimum absolute atomic E-state index is 0.299. The predicted molar refractivity (Wildman–Crippen MR) is 57.2 cm³/mol. The number of para-hydroxylation sites is 1. The van der Waals surface area contributed by atoms with Gasteiger partial charge in [0, 0.05) is 0 Å². The van der Waals surface area contributed by atoms with Crippen molar-refractivity contribution in [1.82, 2.24) is 0 Å². The summed E-state index contributed by atoms with van der Waals surface area (Å²) >= 11 is 5.10. The van der Waals surface area contributed by atoms with Crippen LogP contribution in [0.15, 0.2) is 48.5 Å². The Labute approximate surface area is 97.6 Å². The van der Waals surface area contributed by atoms with Crippen LogP contribution in [0.2, 0.25) is 0 Å². The molecule has 15 heavy (non-hydrogen) atoms. The average molecular weight is 247 g/mol. The summed E-state index contributed by atoms with van der Waals surface area (Å²) in [6.45, 7) is 0. The minimum atomic E-state index is 0.299. The number of rotatable bonds is 2. The standard InChI is InChI=1S/C13H11O.Cu/c1-10-6-5-9-12(13(10)14)11-7-3-2-4-8-11;/h2-9,14H,1H2;. The normalized spacial score (nSPS) is 10.3. The van der Waals surface area contributed by atoms with Gasteiger partial charge >= 0.3 is 97.4 Å². The Kier molecular flexibility index (Phi) is 3.10. The van der Waals surface area contributed by atoms with Gasteiger partial charge in [-0.2, -0.15) is 0 Å². The molecule has 0 saturated carbocycles. The topological polar surface area (TPSA) is 20.2 Å². The Morgan fingerprint density at radius 1 is 0.933 bits per heavy atom. The summed E-state index contributed by atoms with van der Waals surface area (Å²) in [5.41, 5.74) is 2.66. The Morgan fingerprint density at radius 2 is 1.67 bits per heavy atom. The summed E-state index contributed by atoms with van der Waals surface area (Å²) in [4.78, 5) is 0. The molecule has 0 aromatic heterocycles. The van der Waals surface area contributed by atoms with Crippen molar-refractivity contribution in [2.45, 2.75) is 5.32 Å². The molecule has 0 fully saturated rings. The molecule has 1 N–H and O–H groups in total. The number of hydrogen-bond donors (Lipinski definition) is 1. The van der Waals surface area contributed by atoms with E-state index in [1.807, 2.05) is 48.5 Å². The van der Waals surface area contributed by atoms with Crippen molar-refractivity contribution in [2.24, 2.45) is 0 Å². The molecule has 2 aromatic carbocycles. The summed E-state index contributed by atoms with van der Waals surface area (Å²) in [6.07, 6.45) is 0. The summed E-state index contributed by atoms with van der Waals surface area (Å²) in [5.74, 6) is 0.299. The van der Waals surface area contributed by atoms with Crippen LogP contribution in [-0.4, -0.2) is 5.11 Å². The Balaban J connectivity index is 2.54. The summed E-state index contributed by atoms with van der Waals surface area (Å²) in [7, 11) is 0. The van der Waals surface area contributed by atoms with Crippen LogP contribution < -0.4 is 0 Å². The van der Waals surface area contributed by atoms with Crippen LogP contribution in [0.1, 0.15) is 5.56 Å². The molecule has 2 heteroatoms. The Bertz CT molecular complexity index is 451. The fourth-order valence-corrected chi connectivity index (χ4v) is 1.80. The molecule has 1 nitrogen and oxygen atoms in total. The fraction of sp³-hybridized carbons (Fsp3) is 0.0769. The van der Waals surface area contributed by atoms with Gasteiger partial charge in [-0.1, -0.05) is 0 Å². The molecular weight excluding hydrogens is 236 g/mol. The van der Waals surface area contributed by atoms with Gasteiger partial charge in [0.05, 0.1) is 0 Å². The van der Waals surface area contributed by atoms with Crippen LogP contribution in [0.4, 0.5) is 0 Å². The fourth-order valence-electron chi connectivity index (χ4n) is 1.53. The maximum absolute atomic E-state index is 9.97. The molecule has 0 aliphatic carbocycles. The van der Waals surface area contributed by atoms with Gasteiger partial charge in [-0.25, -0.2) is 0 Å². The van der Waals surface area contributed by atoms with Gasteiger partial charge in [-0.3, -0.25) is 0 Å². The van der Waals surface area contributed by atoms with Crippen LogP contribution in [0, 0.1) is 0 Å². The van der Waals surface area contributed by atoms with Crippen molar-refractivity contribution < 1.29 is 21.1 Å². The summed E-state index contributed by atoms with van der Waals surface area (Å²) < 4.78 is 0. The van der Waals surface area contributed by atoms with Crippen LogP contribution in [0.25, 0.3) is 11.1 Å². The van der Waals surface area contributed by atoms with Crippen molar-refractivity contribution in [3.63, 3.8) is 0 Å². The van der Waals surface area contributed by atoms with E-state index < -0.39 is 0 Å². The van der Waals surface area contributed by atoms with Crippen LogP contribution >= 0.6 is 0 Å². The molecule has 0 radical (unpaired) electrons. The van der Waals surface area contributed by atoms with E-state index in [0.717, 1.165) is 16.7 Å². The number of phenolic OH excluding ortho intramolecular Hbond substituents is 1. The van der Waals surface area contributed by atoms with Crippen molar-refractivity contribution in [1.29, 1.82) is 0 Å². The first-order chi connectivity index (χ1) is 7.33. The molecule has 0 aliphatic heterocycles. The number of hydrogen-bond acceptors (Lipinski definition) is 1. The van der Waals surface area contributed by atoms with Crippen LogP contribution in [0.5, 0.6) is 5.75 Å². The zero-order valence-electron chi connectivity index (χ0n) is 8.07. The zero-order valence-corrected chi connectivity index (χ0v) is 9.02. The Morgan fingerprint density at radius 3 is 2.33 bits per heavy atom. The molecule has 2 aromatic rings. The molecule has 0 unspecified atom stereocenters. The monoisotopic (exact) mass is 246 g/mol. The van der Waals surface area contributed by atoms with Gasteiger partial charge in [-0.15, -0.1) is 0 Å². The molecule has 0 atom stereocenters. The molecule has 0 aliphatic rings. The van der Waals surface area contributed by atoms with E-state index >= 15 is 0 Å². The first-order valence-electron chi connectivity index (χ1n) is 4.70. The van der Waals surface area contributed by atoms with E-state index in [1.54, 1.807) is 0 Å². The molecule has 0 heterocycles. The quantitative estimate of drug-likeness (QED) is 0.808. The number of benzene rings is 2. The van der Waals surface area contributed by atoms with Crippen LogP contribution in [0.3, 0.4) is 0 Å². The molecule has 0 amide bonds. The van der Waals surface area contributed by atoms with Crippen molar-refractivity contribution in [2.75, 3.05) is 0 Å². The second-order valence-corrected chi connectivity index (χ2v) is 3.62.